The smallest absolute Gasteiger partial charge is 0.00882 e. The predicted molar refractivity (Wildman–Crippen MR) is 37.0 cm³/mol. The van der Waals surface area contributed by atoms with Crippen molar-refractivity contribution in [3.8, 4) is 0 Å². The van der Waals surface area contributed by atoms with Gasteiger partial charge in [0.05, 0.1) is 0 Å². The summed E-state index contributed by atoms with van der Waals surface area (Å²) in [6.07, 6.45) is 1.25. The van der Waals surface area contributed by atoms with Gasteiger partial charge in [-0.1, -0.05) is 0 Å². The van der Waals surface area contributed by atoms with Gasteiger partial charge in [-0.25, -0.2) is 0 Å². The molecule has 0 spiro atoms. The molecule has 9 heavy (non-hydrogen) atoms. The van der Waals surface area contributed by atoms with Gasteiger partial charge in [0.15, 0.2) is 0 Å². The summed E-state index contributed by atoms with van der Waals surface area (Å²) < 4.78 is 0. The summed E-state index contributed by atoms with van der Waals surface area (Å²) in [7, 11) is 0. The van der Waals surface area contributed by atoms with Gasteiger partial charge in [-0.15, -0.1) is 0 Å². The van der Waals surface area contributed by atoms with Crippen LogP contribution in [0.3, 0.4) is 0 Å². The van der Waals surface area contributed by atoms with Crippen molar-refractivity contribution in [1.29, 1.82) is 0 Å². The van der Waals surface area contributed by atoms with Gasteiger partial charge in [0, 0.05) is 12.1 Å². The minimum absolute atomic E-state index is 0.500. The van der Waals surface area contributed by atoms with Crippen LogP contribution in [0.1, 0.15) is 13.3 Å². The van der Waals surface area contributed by atoms with E-state index in [1.807, 2.05) is 0 Å². The second-order valence-corrected chi connectivity index (χ2v) is 3.43. The molecule has 0 aromatic carbocycles. The average Bonchev–Trinajstić information content (AvgIpc) is 2.04. The van der Waals surface area contributed by atoms with Gasteiger partial charge >= 0.3 is 0 Å². The lowest BCUT2D eigenvalue weighted by molar-refractivity contribution is 0.169. The van der Waals surface area contributed by atoms with Crippen LogP contribution in [0, 0.1) is 11.8 Å². The summed E-state index contributed by atoms with van der Waals surface area (Å²) in [5.41, 5.74) is 5.81. The van der Waals surface area contributed by atoms with Crippen molar-refractivity contribution in [1.82, 2.24) is 5.32 Å². The first kappa shape index (κ1) is 5.69. The van der Waals surface area contributed by atoms with Crippen LogP contribution < -0.4 is 11.1 Å². The standard InChI is InChI=1S/C7H14N2/c1-4-7-5(3-9-4)2-6(7)8/h4-7,9H,2-3,8H2,1H3. The molecule has 1 aliphatic carbocycles. The molecule has 1 heterocycles. The van der Waals surface area contributed by atoms with E-state index in [9.17, 15) is 0 Å². The fraction of sp³-hybridized carbons (Fsp3) is 1.00. The molecule has 2 rings (SSSR count). The quantitative estimate of drug-likeness (QED) is 0.477. The molecule has 0 radical (unpaired) electrons. The van der Waals surface area contributed by atoms with Crippen molar-refractivity contribution >= 4 is 0 Å². The van der Waals surface area contributed by atoms with E-state index in [1.165, 1.54) is 13.0 Å². The monoisotopic (exact) mass is 126 g/mol. The Labute approximate surface area is 55.8 Å². The molecule has 1 aliphatic heterocycles. The molecule has 0 amide bonds. The summed E-state index contributed by atoms with van der Waals surface area (Å²) in [6, 6.07) is 1.18. The van der Waals surface area contributed by atoms with Crippen LogP contribution in [0.2, 0.25) is 0 Å². The fourth-order valence-corrected chi connectivity index (χ4v) is 2.29. The molecule has 0 aromatic heterocycles. The zero-order chi connectivity index (χ0) is 6.43. The summed E-state index contributed by atoms with van der Waals surface area (Å²) in [5, 5.41) is 3.43. The molecule has 52 valence electrons. The van der Waals surface area contributed by atoms with E-state index in [1.54, 1.807) is 0 Å². The highest BCUT2D eigenvalue weighted by atomic mass is 15.0. The summed E-state index contributed by atoms with van der Waals surface area (Å²) >= 11 is 0. The first-order chi connectivity index (χ1) is 4.29. The molecule has 0 aromatic rings. The SMILES string of the molecule is CC1NCC2CC(N)C21. The lowest BCUT2D eigenvalue weighted by Gasteiger charge is -2.38. The van der Waals surface area contributed by atoms with Gasteiger partial charge in [-0.3, -0.25) is 0 Å². The van der Waals surface area contributed by atoms with E-state index in [2.05, 4.69) is 12.2 Å². The largest absolute Gasteiger partial charge is 0.327 e. The van der Waals surface area contributed by atoms with Crippen LogP contribution in [0.4, 0.5) is 0 Å². The van der Waals surface area contributed by atoms with Crippen LogP contribution in [0.25, 0.3) is 0 Å². The van der Waals surface area contributed by atoms with Crippen molar-refractivity contribution in [2.24, 2.45) is 17.6 Å². The lowest BCUT2D eigenvalue weighted by Crippen LogP contribution is -2.49. The number of nitrogens with two attached hydrogens (primary N) is 1. The van der Waals surface area contributed by atoms with Crippen LogP contribution in [0.5, 0.6) is 0 Å². The van der Waals surface area contributed by atoms with Gasteiger partial charge in [-0.2, -0.15) is 0 Å². The molecule has 2 aliphatic rings. The molecule has 0 bridgehead atoms. The van der Waals surface area contributed by atoms with Gasteiger partial charge in [-0.05, 0) is 31.7 Å². The lowest BCUT2D eigenvalue weighted by atomic mass is 9.69. The Morgan fingerprint density at radius 1 is 1.56 bits per heavy atom. The predicted octanol–water partition coefficient (Wildman–Crippen LogP) is -0.0585. The van der Waals surface area contributed by atoms with Crippen molar-refractivity contribution in [3.63, 3.8) is 0 Å². The maximum Gasteiger partial charge on any atom is 0.00882 e. The molecule has 2 heteroatoms. The third-order valence-corrected chi connectivity index (χ3v) is 2.89. The Hall–Kier alpha value is -0.0800. The van der Waals surface area contributed by atoms with Gasteiger partial charge < -0.3 is 11.1 Å². The maximum absolute atomic E-state index is 5.81. The van der Waals surface area contributed by atoms with Crippen molar-refractivity contribution < 1.29 is 0 Å². The third kappa shape index (κ3) is 0.634. The minimum Gasteiger partial charge on any atom is -0.327 e. The Morgan fingerprint density at radius 2 is 2.33 bits per heavy atom. The van der Waals surface area contributed by atoms with E-state index < -0.39 is 0 Å². The summed E-state index contributed by atoms with van der Waals surface area (Å²) in [4.78, 5) is 0. The molecule has 1 saturated carbocycles. The normalized spacial score (nSPS) is 56.7. The van der Waals surface area contributed by atoms with Crippen LogP contribution in [-0.4, -0.2) is 18.6 Å². The summed E-state index contributed by atoms with van der Waals surface area (Å²) in [6.45, 7) is 3.45. The molecule has 1 saturated heterocycles. The van der Waals surface area contributed by atoms with Crippen molar-refractivity contribution in [3.05, 3.63) is 0 Å². The highest BCUT2D eigenvalue weighted by molar-refractivity contribution is 5.02. The molecule has 3 N–H and O–H groups in total. The number of nitrogens with one attached hydrogen (secondary N) is 1. The molecule has 4 unspecified atom stereocenters. The third-order valence-electron chi connectivity index (χ3n) is 2.89. The first-order valence-corrected chi connectivity index (χ1v) is 3.78. The fourth-order valence-electron chi connectivity index (χ4n) is 2.29. The van der Waals surface area contributed by atoms with Gasteiger partial charge in [0.1, 0.15) is 0 Å². The second kappa shape index (κ2) is 1.70. The van der Waals surface area contributed by atoms with E-state index in [-0.39, 0.29) is 0 Å². The van der Waals surface area contributed by atoms with Crippen LogP contribution in [0.15, 0.2) is 0 Å². The molecule has 2 nitrogen and oxygen atoms in total. The van der Waals surface area contributed by atoms with E-state index in [0.29, 0.717) is 12.1 Å². The highest BCUT2D eigenvalue weighted by Crippen LogP contribution is 2.39. The Morgan fingerprint density at radius 3 is 2.78 bits per heavy atom. The first-order valence-electron chi connectivity index (χ1n) is 3.78. The van der Waals surface area contributed by atoms with Gasteiger partial charge in [0.25, 0.3) is 0 Å². The second-order valence-electron chi connectivity index (χ2n) is 3.43. The molecular weight excluding hydrogens is 112 g/mol. The highest BCUT2D eigenvalue weighted by Gasteiger charge is 2.45. The van der Waals surface area contributed by atoms with Gasteiger partial charge in [0.2, 0.25) is 0 Å². The number of fused-ring (bicyclic) bond motifs is 1. The van der Waals surface area contributed by atoms with E-state index >= 15 is 0 Å². The van der Waals surface area contributed by atoms with E-state index in [0.717, 1.165) is 11.8 Å². The van der Waals surface area contributed by atoms with Crippen LogP contribution in [-0.2, 0) is 0 Å². The van der Waals surface area contributed by atoms with Crippen molar-refractivity contribution in [2.45, 2.75) is 25.4 Å². The number of rotatable bonds is 0. The zero-order valence-corrected chi connectivity index (χ0v) is 5.80. The molecular formula is C7H14N2. The topological polar surface area (TPSA) is 38.0 Å². The molecule has 4 atom stereocenters. The number of hydrogen-bond donors (Lipinski definition) is 2. The Balaban J connectivity index is 2.06. The zero-order valence-electron chi connectivity index (χ0n) is 5.80. The Kier molecular flexibility index (Phi) is 1.08. The maximum atomic E-state index is 5.81. The van der Waals surface area contributed by atoms with E-state index in [4.69, 9.17) is 5.73 Å². The number of hydrogen-bond acceptors (Lipinski definition) is 2. The minimum atomic E-state index is 0.500. The summed E-state index contributed by atoms with van der Waals surface area (Å²) in [5.74, 6) is 1.71. The van der Waals surface area contributed by atoms with Crippen molar-refractivity contribution in [2.75, 3.05) is 6.54 Å². The average molecular weight is 126 g/mol. The van der Waals surface area contributed by atoms with Crippen LogP contribution >= 0.6 is 0 Å². The molecule has 2 fully saturated rings. The Bertz CT molecular complexity index is 115.